The second-order valence-corrected chi connectivity index (χ2v) is 18.9. The maximum Gasteiger partial charge on any atom is 0.191 e. The number of aromatic nitrogens is 5. The molecule has 1 spiro atoms. The number of hydrogen-bond donors (Lipinski definition) is 0. The van der Waals surface area contributed by atoms with Gasteiger partial charge in [0.1, 0.15) is 11.4 Å². The maximum absolute atomic E-state index is 6.33. The Bertz CT molecular complexity index is 1640. The molecule has 0 bridgehead atoms. The van der Waals surface area contributed by atoms with Crippen molar-refractivity contribution in [3.63, 3.8) is 0 Å². The average molecular weight is 615 g/mol. The molecule has 1 fully saturated rings. The van der Waals surface area contributed by atoms with Gasteiger partial charge >= 0.3 is 0 Å². The van der Waals surface area contributed by atoms with Crippen LogP contribution in [0.25, 0.3) is 16.8 Å². The number of nitrogens with zero attached hydrogens (tertiary/aromatic N) is 6. The van der Waals surface area contributed by atoms with Crippen LogP contribution in [0.15, 0.2) is 59.9 Å². The van der Waals surface area contributed by atoms with Crippen molar-refractivity contribution in [1.29, 1.82) is 0 Å². The third kappa shape index (κ3) is 6.02. The molecule has 1 saturated carbocycles. The number of aliphatic imine (C=N–C) groups is 1. The quantitative estimate of drug-likeness (QED) is 0.133. The molecule has 0 saturated heterocycles. The average Bonchev–Trinajstić information content (AvgIpc) is 3.44. The highest BCUT2D eigenvalue weighted by atomic mass is 35.5. The largest absolute Gasteiger partial charge is 0.417 e. The van der Waals surface area contributed by atoms with Gasteiger partial charge < -0.3 is 4.43 Å². The summed E-state index contributed by atoms with van der Waals surface area (Å²) in [6.07, 6.45) is 10.7. The molecule has 0 atom stereocenters. The fourth-order valence-corrected chi connectivity index (χ4v) is 6.78. The molecule has 1 aliphatic heterocycles. The summed E-state index contributed by atoms with van der Waals surface area (Å²) in [4.78, 5) is 5.37. The molecule has 6 rings (SSSR count). The highest BCUT2D eigenvalue weighted by molar-refractivity contribution is 6.74. The van der Waals surface area contributed by atoms with Crippen LogP contribution in [-0.2, 0) is 16.5 Å². The van der Waals surface area contributed by atoms with E-state index in [0.29, 0.717) is 5.02 Å². The molecule has 0 N–H and O–H groups in total. The van der Waals surface area contributed by atoms with E-state index in [4.69, 9.17) is 26.1 Å². The van der Waals surface area contributed by atoms with E-state index in [9.17, 15) is 0 Å². The van der Waals surface area contributed by atoms with Crippen molar-refractivity contribution in [3.05, 3.63) is 82.7 Å². The van der Waals surface area contributed by atoms with E-state index < -0.39 is 8.32 Å². The molecule has 0 unspecified atom stereocenters. The zero-order valence-electron chi connectivity index (χ0n) is 26.3. The third-order valence-electron chi connectivity index (χ3n) is 9.42. The third-order valence-corrected chi connectivity index (χ3v) is 14.2. The lowest BCUT2D eigenvalue weighted by Crippen LogP contribution is -2.40. The number of benzene rings is 2. The Morgan fingerprint density at radius 1 is 0.930 bits per heavy atom. The van der Waals surface area contributed by atoms with Gasteiger partial charge in [-0.1, -0.05) is 63.4 Å². The van der Waals surface area contributed by atoms with Crippen molar-refractivity contribution in [2.45, 2.75) is 96.4 Å². The predicted molar refractivity (Wildman–Crippen MR) is 177 cm³/mol. The number of unbranched alkanes of at least 4 members (excludes halogenated alkanes) is 3. The minimum atomic E-state index is -1.65. The van der Waals surface area contributed by atoms with Crippen LogP contribution in [0.4, 0.5) is 0 Å². The monoisotopic (exact) mass is 614 g/mol. The van der Waals surface area contributed by atoms with Crippen LogP contribution in [0.5, 0.6) is 0 Å². The Labute approximate surface area is 261 Å². The van der Waals surface area contributed by atoms with Gasteiger partial charge in [-0.3, -0.25) is 14.2 Å². The van der Waals surface area contributed by atoms with E-state index in [1.807, 2.05) is 25.3 Å². The number of rotatable bonds is 10. The van der Waals surface area contributed by atoms with Crippen LogP contribution in [0.2, 0.25) is 23.2 Å². The van der Waals surface area contributed by atoms with Gasteiger partial charge in [0.05, 0.1) is 17.6 Å². The van der Waals surface area contributed by atoms with Gasteiger partial charge in [-0.15, -0.1) is 10.2 Å². The van der Waals surface area contributed by atoms with Gasteiger partial charge in [0.25, 0.3) is 0 Å². The van der Waals surface area contributed by atoms with Gasteiger partial charge in [-0.05, 0) is 80.6 Å². The van der Waals surface area contributed by atoms with Crippen LogP contribution in [-0.4, -0.2) is 45.2 Å². The molecule has 43 heavy (non-hydrogen) atoms. The standard InChI is InChI=1S/C34H43ClN6OSi/c1-24-38-39-32-34(17-18-34)37-31(25-11-14-28(35)15-12-25)29-21-26(13-16-30(29)41(24)32)27-22-36-40(23-27)19-9-7-8-10-20-42-43(5,6)33(2,3)4/h11-16,21-23H,7-10,17-20H2,1-6H3. The lowest BCUT2D eigenvalue weighted by molar-refractivity contribution is 0.277. The fourth-order valence-electron chi connectivity index (χ4n) is 5.57. The van der Waals surface area contributed by atoms with E-state index >= 15 is 0 Å². The van der Waals surface area contributed by atoms with Crippen LogP contribution < -0.4 is 0 Å². The van der Waals surface area contributed by atoms with E-state index in [0.717, 1.165) is 84.1 Å². The number of aryl methyl sites for hydroxylation is 2. The molecule has 3 heterocycles. The van der Waals surface area contributed by atoms with Gasteiger partial charge in [0.15, 0.2) is 14.1 Å². The summed E-state index contributed by atoms with van der Waals surface area (Å²) in [6, 6.07) is 14.6. The van der Waals surface area contributed by atoms with Crippen molar-refractivity contribution in [1.82, 2.24) is 24.5 Å². The Morgan fingerprint density at radius 3 is 2.37 bits per heavy atom. The smallest absolute Gasteiger partial charge is 0.191 e. The predicted octanol–water partition coefficient (Wildman–Crippen LogP) is 8.51. The first-order chi connectivity index (χ1) is 20.5. The Morgan fingerprint density at radius 2 is 1.65 bits per heavy atom. The summed E-state index contributed by atoms with van der Waals surface area (Å²) >= 11 is 6.26. The minimum Gasteiger partial charge on any atom is -0.417 e. The highest BCUT2D eigenvalue weighted by Gasteiger charge is 2.51. The summed E-state index contributed by atoms with van der Waals surface area (Å²) < 4.78 is 10.6. The molecule has 226 valence electrons. The topological polar surface area (TPSA) is 70.1 Å². The zero-order valence-corrected chi connectivity index (χ0v) is 28.1. The summed E-state index contributed by atoms with van der Waals surface area (Å²) in [6.45, 7) is 15.4. The van der Waals surface area contributed by atoms with Gasteiger partial charge in [0.2, 0.25) is 0 Å². The van der Waals surface area contributed by atoms with E-state index in [1.54, 1.807) is 0 Å². The molecule has 1 aliphatic carbocycles. The molecular formula is C34H43ClN6OSi. The molecule has 2 aromatic carbocycles. The van der Waals surface area contributed by atoms with Crippen molar-refractivity contribution < 1.29 is 4.43 Å². The SMILES string of the molecule is Cc1nnc2n1-c1ccc(-c3cnn(CCCCCCO[Si](C)(C)C(C)(C)C)c3)cc1C(c1ccc(Cl)cc1)=NC21CC1. The molecule has 2 aliphatic rings. The molecular weight excluding hydrogens is 572 g/mol. The fraction of sp³-hybridized carbons (Fsp3) is 0.471. The van der Waals surface area contributed by atoms with Crippen molar-refractivity contribution in [2.24, 2.45) is 4.99 Å². The van der Waals surface area contributed by atoms with Crippen LogP contribution >= 0.6 is 11.6 Å². The second kappa shape index (κ2) is 11.5. The van der Waals surface area contributed by atoms with E-state index in [1.165, 1.54) is 12.8 Å². The summed E-state index contributed by atoms with van der Waals surface area (Å²) in [5, 5.41) is 14.7. The lowest BCUT2D eigenvalue weighted by Gasteiger charge is -2.36. The normalized spacial score (nSPS) is 15.7. The molecule has 4 aromatic rings. The molecule has 7 nitrogen and oxygen atoms in total. The Balaban J connectivity index is 1.18. The first kappa shape index (κ1) is 30.0. The first-order valence-corrected chi connectivity index (χ1v) is 18.9. The molecule has 9 heteroatoms. The van der Waals surface area contributed by atoms with Gasteiger partial charge in [-0.25, -0.2) is 0 Å². The van der Waals surface area contributed by atoms with Gasteiger partial charge in [0, 0.05) is 41.1 Å². The summed E-state index contributed by atoms with van der Waals surface area (Å²) in [7, 11) is -1.65. The minimum absolute atomic E-state index is 0.268. The number of hydrogen-bond acceptors (Lipinski definition) is 5. The maximum atomic E-state index is 6.33. The zero-order chi connectivity index (χ0) is 30.4. The Hall–Kier alpha value is -3.07. The van der Waals surface area contributed by atoms with Crippen molar-refractivity contribution in [3.8, 4) is 16.8 Å². The summed E-state index contributed by atoms with van der Waals surface area (Å²) in [5.74, 6) is 1.81. The van der Waals surface area contributed by atoms with Crippen LogP contribution in [0.3, 0.4) is 0 Å². The second-order valence-electron chi connectivity index (χ2n) is 13.7. The Kier molecular flexibility index (Phi) is 7.98. The van der Waals surface area contributed by atoms with E-state index in [-0.39, 0.29) is 10.6 Å². The molecule has 0 radical (unpaired) electrons. The number of halogens is 1. The molecule has 2 aromatic heterocycles. The molecule has 0 amide bonds. The van der Waals surface area contributed by atoms with Crippen LogP contribution in [0, 0.1) is 6.92 Å². The first-order valence-electron chi connectivity index (χ1n) is 15.6. The number of fused-ring (bicyclic) bond motifs is 4. The van der Waals surface area contributed by atoms with Gasteiger partial charge in [-0.2, -0.15) is 5.10 Å². The van der Waals surface area contributed by atoms with Crippen LogP contribution in [0.1, 0.15) is 82.1 Å². The van der Waals surface area contributed by atoms with Crippen molar-refractivity contribution in [2.75, 3.05) is 6.61 Å². The highest BCUT2D eigenvalue weighted by Crippen LogP contribution is 2.52. The summed E-state index contributed by atoms with van der Waals surface area (Å²) in [5.41, 5.74) is 6.05. The van der Waals surface area contributed by atoms with Crippen molar-refractivity contribution >= 4 is 25.6 Å². The lowest BCUT2D eigenvalue weighted by atomic mass is 9.96. The van der Waals surface area contributed by atoms with E-state index in [2.05, 4.69) is 89.8 Å².